The molecular formula is C18H19ClN2O3S2. The number of nitrogens with zero attached hydrogens (tertiary/aromatic N) is 1. The summed E-state index contributed by atoms with van der Waals surface area (Å²) in [6.07, 6.45) is 3.44. The Kier molecular flexibility index (Phi) is 5.79. The molecule has 138 valence electrons. The van der Waals surface area contributed by atoms with Gasteiger partial charge < -0.3 is 5.32 Å². The molecule has 5 nitrogen and oxygen atoms in total. The molecule has 2 aromatic rings. The SMILES string of the molecule is CSc1cccc(NC(=O)c2ccc(N3CCCCS3(=O)=O)cc2Cl)c1. The van der Waals surface area contributed by atoms with Gasteiger partial charge in [-0.05, 0) is 55.5 Å². The van der Waals surface area contributed by atoms with Crippen molar-refractivity contribution in [1.82, 2.24) is 0 Å². The van der Waals surface area contributed by atoms with Crippen LogP contribution in [0.15, 0.2) is 47.4 Å². The van der Waals surface area contributed by atoms with E-state index < -0.39 is 10.0 Å². The van der Waals surface area contributed by atoms with Gasteiger partial charge in [0, 0.05) is 17.1 Å². The second-order valence-corrected chi connectivity index (χ2v) is 9.25. The lowest BCUT2D eigenvalue weighted by Crippen LogP contribution is -2.37. The van der Waals surface area contributed by atoms with Gasteiger partial charge in [0.15, 0.2) is 0 Å². The summed E-state index contributed by atoms with van der Waals surface area (Å²) in [5.41, 5.74) is 1.48. The van der Waals surface area contributed by atoms with E-state index in [1.165, 1.54) is 10.4 Å². The molecule has 1 fully saturated rings. The van der Waals surface area contributed by atoms with Gasteiger partial charge in [0.05, 0.1) is 22.0 Å². The molecule has 0 unspecified atom stereocenters. The van der Waals surface area contributed by atoms with E-state index in [9.17, 15) is 13.2 Å². The summed E-state index contributed by atoms with van der Waals surface area (Å²) in [7, 11) is -3.31. The highest BCUT2D eigenvalue weighted by atomic mass is 35.5. The van der Waals surface area contributed by atoms with Crippen LogP contribution in [-0.2, 0) is 10.0 Å². The lowest BCUT2D eigenvalue weighted by atomic mass is 10.1. The third-order valence-electron chi connectivity index (χ3n) is 4.16. The van der Waals surface area contributed by atoms with Crippen molar-refractivity contribution in [2.75, 3.05) is 28.2 Å². The summed E-state index contributed by atoms with van der Waals surface area (Å²) in [6.45, 7) is 0.436. The van der Waals surface area contributed by atoms with E-state index in [4.69, 9.17) is 11.6 Å². The molecule has 3 rings (SSSR count). The molecule has 1 heterocycles. The van der Waals surface area contributed by atoms with Gasteiger partial charge in [-0.3, -0.25) is 9.10 Å². The molecule has 1 aliphatic heterocycles. The number of thioether (sulfide) groups is 1. The minimum atomic E-state index is -3.31. The molecule has 8 heteroatoms. The van der Waals surface area contributed by atoms with Gasteiger partial charge in [0.2, 0.25) is 10.0 Å². The van der Waals surface area contributed by atoms with Crippen LogP contribution in [0.2, 0.25) is 5.02 Å². The third kappa shape index (κ3) is 4.16. The van der Waals surface area contributed by atoms with Gasteiger partial charge in [-0.1, -0.05) is 17.7 Å². The maximum atomic E-state index is 12.5. The summed E-state index contributed by atoms with van der Waals surface area (Å²) >= 11 is 7.86. The van der Waals surface area contributed by atoms with Crippen molar-refractivity contribution in [3.05, 3.63) is 53.1 Å². The molecule has 1 saturated heterocycles. The fourth-order valence-electron chi connectivity index (χ4n) is 2.82. The molecule has 0 radical (unpaired) electrons. The molecule has 0 aromatic heterocycles. The molecular weight excluding hydrogens is 392 g/mol. The molecule has 1 amide bonds. The molecule has 2 aromatic carbocycles. The lowest BCUT2D eigenvalue weighted by Gasteiger charge is -2.28. The van der Waals surface area contributed by atoms with Gasteiger partial charge in [-0.25, -0.2) is 8.42 Å². The Morgan fingerprint density at radius 2 is 2.00 bits per heavy atom. The summed E-state index contributed by atoms with van der Waals surface area (Å²) in [4.78, 5) is 13.6. The van der Waals surface area contributed by atoms with Crippen LogP contribution in [0.5, 0.6) is 0 Å². The summed E-state index contributed by atoms with van der Waals surface area (Å²) in [5, 5.41) is 3.04. The highest BCUT2D eigenvalue weighted by Gasteiger charge is 2.26. The standard InChI is InChI=1S/C18H19ClN2O3S2/c1-25-15-6-4-5-13(11-15)20-18(22)16-8-7-14(12-17(16)19)21-9-2-3-10-26(21,23)24/h4-8,11-12H,2-3,9-10H2,1H3,(H,20,22). The zero-order valence-corrected chi connectivity index (χ0v) is 16.6. The van der Waals surface area contributed by atoms with Crippen molar-refractivity contribution in [2.24, 2.45) is 0 Å². The number of carbonyl (C=O) groups excluding carboxylic acids is 1. The number of amides is 1. The Balaban J connectivity index is 1.82. The summed E-state index contributed by atoms with van der Waals surface area (Å²) in [5.74, 6) is -0.195. The zero-order valence-electron chi connectivity index (χ0n) is 14.2. The second-order valence-electron chi connectivity index (χ2n) is 5.95. The largest absolute Gasteiger partial charge is 0.322 e. The number of sulfonamides is 1. The van der Waals surface area contributed by atoms with Crippen LogP contribution in [-0.4, -0.2) is 32.9 Å². The summed E-state index contributed by atoms with van der Waals surface area (Å²) < 4.78 is 25.8. The van der Waals surface area contributed by atoms with Crippen molar-refractivity contribution < 1.29 is 13.2 Å². The maximum absolute atomic E-state index is 12.5. The smallest absolute Gasteiger partial charge is 0.257 e. The quantitative estimate of drug-likeness (QED) is 0.765. The number of halogens is 1. The molecule has 0 saturated carbocycles. The fourth-order valence-corrected chi connectivity index (χ4v) is 5.17. The van der Waals surface area contributed by atoms with Crippen LogP contribution in [0.1, 0.15) is 23.2 Å². The van der Waals surface area contributed by atoms with Crippen molar-refractivity contribution in [1.29, 1.82) is 0 Å². The number of carbonyl (C=O) groups is 1. The number of hydrogen-bond donors (Lipinski definition) is 1. The average molecular weight is 411 g/mol. The van der Waals surface area contributed by atoms with E-state index in [1.54, 1.807) is 30.0 Å². The van der Waals surface area contributed by atoms with Crippen LogP contribution in [0.25, 0.3) is 0 Å². The second kappa shape index (κ2) is 7.90. The molecule has 26 heavy (non-hydrogen) atoms. The lowest BCUT2D eigenvalue weighted by molar-refractivity contribution is 0.102. The minimum Gasteiger partial charge on any atom is -0.322 e. The van der Waals surface area contributed by atoms with E-state index in [1.807, 2.05) is 24.5 Å². The van der Waals surface area contributed by atoms with Crippen LogP contribution in [0.4, 0.5) is 11.4 Å². The van der Waals surface area contributed by atoms with Gasteiger partial charge in [-0.15, -0.1) is 11.8 Å². The molecule has 0 atom stereocenters. The van der Waals surface area contributed by atoms with Crippen LogP contribution in [0.3, 0.4) is 0 Å². The number of hydrogen-bond acceptors (Lipinski definition) is 4. The number of anilines is 2. The van der Waals surface area contributed by atoms with E-state index in [0.717, 1.165) is 11.3 Å². The van der Waals surface area contributed by atoms with Crippen LogP contribution in [0, 0.1) is 0 Å². The maximum Gasteiger partial charge on any atom is 0.257 e. The van der Waals surface area contributed by atoms with Crippen molar-refractivity contribution in [3.8, 4) is 0 Å². The number of nitrogens with one attached hydrogen (secondary N) is 1. The van der Waals surface area contributed by atoms with Gasteiger partial charge in [0.1, 0.15) is 0 Å². The minimum absolute atomic E-state index is 0.138. The zero-order chi connectivity index (χ0) is 18.7. The first kappa shape index (κ1) is 19.1. The van der Waals surface area contributed by atoms with Gasteiger partial charge in [-0.2, -0.15) is 0 Å². The molecule has 0 spiro atoms. The molecule has 1 aliphatic rings. The first-order chi connectivity index (χ1) is 12.4. The number of rotatable bonds is 4. The molecule has 1 N–H and O–H groups in total. The van der Waals surface area contributed by atoms with Crippen molar-refractivity contribution >= 4 is 50.7 Å². The Hall–Kier alpha value is -1.70. The topological polar surface area (TPSA) is 66.5 Å². The average Bonchev–Trinajstić information content (AvgIpc) is 2.61. The molecule has 0 bridgehead atoms. The predicted octanol–water partition coefficient (Wildman–Crippen LogP) is 4.24. The van der Waals surface area contributed by atoms with Gasteiger partial charge in [0.25, 0.3) is 5.91 Å². The normalized spacial score (nSPS) is 16.3. The Morgan fingerprint density at radius 1 is 1.19 bits per heavy atom. The monoisotopic (exact) mass is 410 g/mol. The van der Waals surface area contributed by atoms with Gasteiger partial charge >= 0.3 is 0 Å². The van der Waals surface area contributed by atoms with E-state index in [0.29, 0.717) is 29.9 Å². The highest BCUT2D eigenvalue weighted by Crippen LogP contribution is 2.29. The Bertz CT molecular complexity index is 932. The van der Waals surface area contributed by atoms with Crippen molar-refractivity contribution in [3.63, 3.8) is 0 Å². The third-order valence-corrected chi connectivity index (χ3v) is 7.07. The van der Waals surface area contributed by atoms with E-state index >= 15 is 0 Å². The Labute approximate surface area is 162 Å². The van der Waals surface area contributed by atoms with E-state index in [2.05, 4.69) is 5.32 Å². The van der Waals surface area contributed by atoms with Crippen LogP contribution >= 0.6 is 23.4 Å². The van der Waals surface area contributed by atoms with Crippen LogP contribution < -0.4 is 9.62 Å². The molecule has 0 aliphatic carbocycles. The van der Waals surface area contributed by atoms with Crippen molar-refractivity contribution in [2.45, 2.75) is 17.7 Å². The highest BCUT2D eigenvalue weighted by molar-refractivity contribution is 7.98. The first-order valence-electron chi connectivity index (χ1n) is 8.16. The predicted molar refractivity (Wildman–Crippen MR) is 108 cm³/mol. The van der Waals surface area contributed by atoms with E-state index in [-0.39, 0.29) is 16.7 Å². The number of benzene rings is 2. The Morgan fingerprint density at radius 3 is 2.69 bits per heavy atom. The first-order valence-corrected chi connectivity index (χ1v) is 11.4. The summed E-state index contributed by atoms with van der Waals surface area (Å²) in [6, 6.07) is 12.2. The fraction of sp³-hybridized carbons (Fsp3) is 0.278.